The van der Waals surface area contributed by atoms with E-state index in [1.807, 2.05) is 0 Å². The minimum Gasteiger partial charge on any atom is -0.464 e. The molecule has 0 fully saturated rings. The molecule has 0 aliphatic carbocycles. The zero-order valence-corrected chi connectivity index (χ0v) is 14.3. The summed E-state index contributed by atoms with van der Waals surface area (Å²) in [6, 6.07) is 1.64. The highest BCUT2D eigenvalue weighted by Crippen LogP contribution is 2.14. The molecule has 1 heterocycles. The van der Waals surface area contributed by atoms with E-state index in [-0.39, 0.29) is 24.0 Å². The second kappa shape index (κ2) is 7.71. The molecule has 1 aromatic heterocycles. The van der Waals surface area contributed by atoms with Crippen molar-refractivity contribution in [2.24, 2.45) is 10.8 Å². The van der Waals surface area contributed by atoms with E-state index in [4.69, 9.17) is 9.47 Å². The zero-order valence-electron chi connectivity index (χ0n) is 14.3. The number of hydrogen-bond acceptors (Lipinski definition) is 4. The topological polar surface area (TPSA) is 44.2 Å². The second-order valence-corrected chi connectivity index (χ2v) is 6.88. The maximum atomic E-state index is 5.46. The van der Waals surface area contributed by atoms with Gasteiger partial charge in [-0.05, 0) is 41.5 Å². The number of nitrogens with zero attached hydrogens (tertiary/aromatic N) is 2. The minimum absolute atomic E-state index is 0.0327. The Labute approximate surface area is 133 Å². The van der Waals surface area contributed by atoms with Gasteiger partial charge in [-0.3, -0.25) is 0 Å². The number of ether oxygens (including phenoxy) is 2. The fraction of sp³-hybridized carbons (Fsp3) is 0.556. The average molecular weight is 300 g/mol. The highest BCUT2D eigenvalue weighted by atomic mass is 16.5. The van der Waals surface area contributed by atoms with Crippen LogP contribution in [0.3, 0.4) is 0 Å². The Balaban J connectivity index is 2.51. The molecule has 0 saturated heterocycles. The molecule has 0 bridgehead atoms. The molecule has 0 spiro atoms. The number of hydrogen-bond donors (Lipinski definition) is 0. The summed E-state index contributed by atoms with van der Waals surface area (Å²) in [6.45, 7) is 12.9. The monoisotopic (exact) mass is 300 g/mol. The van der Waals surface area contributed by atoms with Crippen LogP contribution in [-0.4, -0.2) is 23.2 Å². The summed E-state index contributed by atoms with van der Waals surface area (Å²) in [4.78, 5) is 8.05. The third-order valence-electron chi connectivity index (χ3n) is 2.13. The Kier molecular flexibility index (Phi) is 6.25. The Morgan fingerprint density at radius 2 is 1.23 bits per heavy atom. The lowest BCUT2D eigenvalue weighted by atomic mass is 9.98. The van der Waals surface area contributed by atoms with Gasteiger partial charge in [-0.1, -0.05) is 23.7 Å². The van der Waals surface area contributed by atoms with Crippen LogP contribution in [0.1, 0.15) is 41.5 Å². The zero-order chi connectivity index (χ0) is 16.6. The van der Waals surface area contributed by atoms with E-state index in [2.05, 4.69) is 75.2 Å². The van der Waals surface area contributed by atoms with E-state index >= 15 is 0 Å². The van der Waals surface area contributed by atoms with Crippen molar-refractivity contribution in [3.63, 3.8) is 0 Å². The molecule has 0 amide bonds. The van der Waals surface area contributed by atoms with Crippen molar-refractivity contribution in [1.29, 1.82) is 0 Å². The normalized spacial score (nSPS) is 10.8. The predicted molar refractivity (Wildman–Crippen MR) is 87.5 cm³/mol. The summed E-state index contributed by atoms with van der Waals surface area (Å²) in [5, 5.41) is 0. The van der Waals surface area contributed by atoms with Crippen molar-refractivity contribution in [2.75, 3.05) is 13.2 Å². The van der Waals surface area contributed by atoms with E-state index in [0.29, 0.717) is 11.8 Å². The van der Waals surface area contributed by atoms with Crippen molar-refractivity contribution < 1.29 is 9.47 Å². The summed E-state index contributed by atoms with van der Waals surface area (Å²) >= 11 is 0. The highest BCUT2D eigenvalue weighted by molar-refractivity contribution is 5.20. The quantitative estimate of drug-likeness (QED) is 0.800. The van der Waals surface area contributed by atoms with Gasteiger partial charge in [0.05, 0.1) is 6.07 Å². The van der Waals surface area contributed by atoms with E-state index in [9.17, 15) is 0 Å². The molecule has 0 aliphatic heterocycles. The van der Waals surface area contributed by atoms with Crippen molar-refractivity contribution in [3.8, 4) is 35.4 Å². The van der Waals surface area contributed by atoms with Crippen molar-refractivity contribution >= 4 is 0 Å². The maximum absolute atomic E-state index is 5.46. The van der Waals surface area contributed by atoms with E-state index in [1.54, 1.807) is 6.07 Å². The first-order chi connectivity index (χ1) is 10.2. The average Bonchev–Trinajstić information content (AvgIpc) is 2.38. The van der Waals surface area contributed by atoms with Gasteiger partial charge in [0.25, 0.3) is 0 Å². The smallest absolute Gasteiger partial charge is 0.221 e. The van der Waals surface area contributed by atoms with Crippen LogP contribution in [0.2, 0.25) is 0 Å². The van der Waals surface area contributed by atoms with Crippen LogP contribution in [0.25, 0.3) is 0 Å². The largest absolute Gasteiger partial charge is 0.464 e. The van der Waals surface area contributed by atoms with Crippen molar-refractivity contribution in [3.05, 3.63) is 12.4 Å². The summed E-state index contributed by atoms with van der Waals surface area (Å²) in [5.41, 5.74) is -0.0654. The molecule has 0 atom stereocenters. The van der Waals surface area contributed by atoms with Gasteiger partial charge < -0.3 is 9.47 Å². The molecule has 0 unspecified atom stereocenters. The summed E-state index contributed by atoms with van der Waals surface area (Å²) in [6.07, 6.45) is 1.40. The lowest BCUT2D eigenvalue weighted by Gasteiger charge is -2.08. The molecule has 22 heavy (non-hydrogen) atoms. The Bertz CT molecular complexity index is 551. The molecular weight excluding hydrogens is 276 g/mol. The standard InChI is InChI=1S/C18H24N2O2/c1-17(2,3)9-7-11-21-15-13-16(20-14-19-15)22-12-8-10-18(4,5)6/h13-14H,11-12H2,1-6H3. The SMILES string of the molecule is CC(C)(C)C#CCOc1cc(OCC#CC(C)(C)C)ncn1. The van der Waals surface area contributed by atoms with Crippen molar-refractivity contribution in [1.82, 2.24) is 9.97 Å². The van der Waals surface area contributed by atoms with Crippen LogP contribution in [0.15, 0.2) is 12.4 Å². The molecule has 0 aliphatic rings. The molecule has 4 nitrogen and oxygen atoms in total. The summed E-state index contributed by atoms with van der Waals surface area (Å²) < 4.78 is 10.9. The van der Waals surface area contributed by atoms with Crippen LogP contribution in [0.4, 0.5) is 0 Å². The first kappa shape index (κ1) is 17.9. The van der Waals surface area contributed by atoms with Gasteiger partial charge in [-0.15, -0.1) is 0 Å². The third-order valence-corrected chi connectivity index (χ3v) is 2.13. The summed E-state index contributed by atoms with van der Waals surface area (Å²) in [5.74, 6) is 13.0. The second-order valence-electron chi connectivity index (χ2n) is 6.88. The van der Waals surface area contributed by atoms with Gasteiger partial charge in [0.2, 0.25) is 11.8 Å². The lowest BCUT2D eigenvalue weighted by molar-refractivity contribution is 0.331. The third kappa shape index (κ3) is 8.87. The number of aromatic nitrogens is 2. The van der Waals surface area contributed by atoms with Crippen molar-refractivity contribution in [2.45, 2.75) is 41.5 Å². The van der Waals surface area contributed by atoms with Gasteiger partial charge in [-0.2, -0.15) is 0 Å². The molecular formula is C18H24N2O2. The van der Waals surface area contributed by atoms with E-state index in [1.165, 1.54) is 6.33 Å². The van der Waals surface area contributed by atoms with Crippen LogP contribution in [-0.2, 0) is 0 Å². The Morgan fingerprint density at radius 1 is 0.818 bits per heavy atom. The van der Waals surface area contributed by atoms with Crippen LogP contribution in [0.5, 0.6) is 11.8 Å². The minimum atomic E-state index is -0.0327. The van der Waals surface area contributed by atoms with Gasteiger partial charge >= 0.3 is 0 Å². The molecule has 0 saturated carbocycles. The molecule has 0 aromatic carbocycles. The molecule has 118 valence electrons. The molecule has 1 rings (SSSR count). The van der Waals surface area contributed by atoms with Gasteiger partial charge in [0.1, 0.15) is 6.33 Å². The lowest BCUT2D eigenvalue weighted by Crippen LogP contribution is -2.04. The first-order valence-electron chi connectivity index (χ1n) is 7.23. The Morgan fingerprint density at radius 3 is 1.59 bits per heavy atom. The molecule has 1 aromatic rings. The first-order valence-corrected chi connectivity index (χ1v) is 7.23. The fourth-order valence-electron chi connectivity index (χ4n) is 1.30. The van der Waals surface area contributed by atoms with Crippen LogP contribution in [0, 0.1) is 34.5 Å². The van der Waals surface area contributed by atoms with Gasteiger partial charge in [0.15, 0.2) is 13.2 Å². The van der Waals surface area contributed by atoms with E-state index < -0.39 is 0 Å². The van der Waals surface area contributed by atoms with Gasteiger partial charge in [0, 0.05) is 10.8 Å². The van der Waals surface area contributed by atoms with Crippen LogP contribution < -0.4 is 9.47 Å². The maximum Gasteiger partial charge on any atom is 0.221 e. The Hall–Kier alpha value is -2.20. The molecule has 4 heteroatoms. The molecule has 0 N–H and O–H groups in total. The van der Waals surface area contributed by atoms with Crippen LogP contribution >= 0.6 is 0 Å². The summed E-state index contributed by atoms with van der Waals surface area (Å²) in [7, 11) is 0. The molecule has 0 radical (unpaired) electrons. The highest BCUT2D eigenvalue weighted by Gasteiger charge is 2.04. The van der Waals surface area contributed by atoms with E-state index in [0.717, 1.165) is 0 Å². The fourth-order valence-corrected chi connectivity index (χ4v) is 1.30. The van der Waals surface area contributed by atoms with Gasteiger partial charge in [-0.25, -0.2) is 9.97 Å². The number of rotatable bonds is 4. The predicted octanol–water partition coefficient (Wildman–Crippen LogP) is 3.33.